The minimum atomic E-state index is -0.0217. The quantitative estimate of drug-likeness (QED) is 0.0974. The molecule has 0 spiro atoms. The Kier molecular flexibility index (Phi) is 6.53. The second-order valence-electron chi connectivity index (χ2n) is 11.1. The fraction of sp³-hybridized carbons (Fsp3) is 0.135. The fourth-order valence-corrected chi connectivity index (χ4v) is 6.18. The standard InChI is InChI=1S/C24H16N.C13H12N.Ir/c1-24(2)19-11-5-9-17-20(19)21-18(16-10-6-12-25-23(16)17)13-14-7-3-4-8-15(14)22(21)24;1-10-3-6-12(7-4-10)13-8-5-11(2)9-14-13;/h3-8,10-13H,1-2H3;3-6,8-9H,1-2H3;/q2*-1;. The SMILES string of the molecule is CC1(C)c2cc[c-]c3c4ncccc4c4cc5ccccc5c1c4c23.Cc1c[c-]c(-c2ccc(C)cn2)cc1.[Ir]. The van der Waals surface area contributed by atoms with Crippen LogP contribution in [0.15, 0.2) is 97.3 Å². The monoisotopic (exact) mass is 693 g/mol. The first-order valence-electron chi connectivity index (χ1n) is 13.4. The van der Waals surface area contributed by atoms with Gasteiger partial charge in [0.05, 0.1) is 0 Å². The number of rotatable bonds is 1. The molecule has 197 valence electrons. The average Bonchev–Trinajstić information content (AvgIpc) is 3.21. The van der Waals surface area contributed by atoms with E-state index < -0.39 is 0 Å². The second kappa shape index (κ2) is 9.93. The van der Waals surface area contributed by atoms with Crippen LogP contribution in [-0.2, 0) is 25.5 Å². The van der Waals surface area contributed by atoms with E-state index in [4.69, 9.17) is 4.98 Å². The van der Waals surface area contributed by atoms with Crippen molar-refractivity contribution in [2.45, 2.75) is 33.1 Å². The number of nitrogens with zero attached hydrogens (tertiary/aromatic N) is 2. The molecule has 0 amide bonds. The minimum Gasteiger partial charge on any atom is -0.304 e. The molecule has 2 aromatic heterocycles. The van der Waals surface area contributed by atoms with Crippen molar-refractivity contribution >= 4 is 43.2 Å². The summed E-state index contributed by atoms with van der Waals surface area (Å²) in [6.45, 7) is 8.79. The molecule has 1 aliphatic carbocycles. The molecule has 2 heterocycles. The molecule has 8 rings (SSSR count). The van der Waals surface area contributed by atoms with Gasteiger partial charge < -0.3 is 9.97 Å². The molecule has 0 unspecified atom stereocenters. The smallest absolute Gasteiger partial charge is 0.0190 e. The van der Waals surface area contributed by atoms with E-state index in [0.29, 0.717) is 0 Å². The molecule has 0 atom stereocenters. The first-order valence-corrected chi connectivity index (χ1v) is 13.4. The molecule has 2 nitrogen and oxygen atoms in total. The van der Waals surface area contributed by atoms with E-state index in [1.54, 1.807) is 0 Å². The molecule has 0 bridgehead atoms. The predicted molar refractivity (Wildman–Crippen MR) is 163 cm³/mol. The van der Waals surface area contributed by atoms with E-state index in [2.05, 4.69) is 98.6 Å². The summed E-state index contributed by atoms with van der Waals surface area (Å²) in [7, 11) is 0. The molecular formula is C37H28IrN2-2. The average molecular weight is 693 g/mol. The summed E-state index contributed by atoms with van der Waals surface area (Å²) >= 11 is 0. The van der Waals surface area contributed by atoms with Crippen molar-refractivity contribution in [2.24, 2.45) is 0 Å². The van der Waals surface area contributed by atoms with Crippen molar-refractivity contribution in [2.75, 3.05) is 0 Å². The molecule has 40 heavy (non-hydrogen) atoms. The number of aryl methyl sites for hydroxylation is 2. The molecule has 0 saturated heterocycles. The van der Waals surface area contributed by atoms with Gasteiger partial charge in [0.1, 0.15) is 0 Å². The summed E-state index contributed by atoms with van der Waals surface area (Å²) in [6.07, 6.45) is 3.77. The summed E-state index contributed by atoms with van der Waals surface area (Å²) in [5.41, 5.74) is 8.32. The van der Waals surface area contributed by atoms with E-state index in [-0.39, 0.29) is 25.5 Å². The summed E-state index contributed by atoms with van der Waals surface area (Å²) in [5.74, 6) is 0. The maximum atomic E-state index is 4.72. The Bertz CT molecular complexity index is 2000. The van der Waals surface area contributed by atoms with Gasteiger partial charge in [-0.25, -0.2) is 0 Å². The van der Waals surface area contributed by atoms with Crippen molar-refractivity contribution < 1.29 is 20.1 Å². The fourth-order valence-electron chi connectivity index (χ4n) is 6.18. The van der Waals surface area contributed by atoms with Gasteiger partial charge in [-0.15, -0.1) is 64.5 Å². The molecule has 1 aliphatic rings. The van der Waals surface area contributed by atoms with Crippen LogP contribution in [0.1, 0.15) is 36.1 Å². The largest absolute Gasteiger partial charge is 0.304 e. The molecule has 0 saturated carbocycles. The van der Waals surface area contributed by atoms with Gasteiger partial charge in [0, 0.05) is 32.5 Å². The summed E-state index contributed by atoms with van der Waals surface area (Å²) < 4.78 is 0. The number of pyridine rings is 2. The van der Waals surface area contributed by atoms with Crippen LogP contribution in [0.3, 0.4) is 0 Å². The topological polar surface area (TPSA) is 25.8 Å². The zero-order chi connectivity index (χ0) is 26.7. The number of aromatic nitrogens is 2. The van der Waals surface area contributed by atoms with Crippen LogP contribution in [0, 0.1) is 26.0 Å². The van der Waals surface area contributed by atoms with Crippen LogP contribution in [-0.4, -0.2) is 9.97 Å². The molecular weight excluding hydrogens is 665 g/mol. The third-order valence-electron chi connectivity index (χ3n) is 8.08. The zero-order valence-corrected chi connectivity index (χ0v) is 25.4. The van der Waals surface area contributed by atoms with Crippen LogP contribution in [0.2, 0.25) is 0 Å². The summed E-state index contributed by atoms with van der Waals surface area (Å²) in [5, 5.41) is 9.10. The van der Waals surface area contributed by atoms with E-state index >= 15 is 0 Å². The normalized spacial score (nSPS) is 13.0. The number of hydrogen-bond donors (Lipinski definition) is 0. The van der Waals surface area contributed by atoms with Gasteiger partial charge in [0.15, 0.2) is 0 Å². The molecule has 0 N–H and O–H groups in total. The van der Waals surface area contributed by atoms with Crippen molar-refractivity contribution in [3.8, 4) is 11.3 Å². The zero-order valence-electron chi connectivity index (χ0n) is 23.0. The number of fused-ring (bicyclic) bond motifs is 5. The second-order valence-corrected chi connectivity index (χ2v) is 11.1. The van der Waals surface area contributed by atoms with Crippen LogP contribution in [0.4, 0.5) is 0 Å². The van der Waals surface area contributed by atoms with Gasteiger partial charge in [-0.05, 0) is 73.7 Å². The summed E-state index contributed by atoms with van der Waals surface area (Å²) in [4.78, 5) is 9.07. The Hall–Kier alpha value is -3.91. The van der Waals surface area contributed by atoms with Crippen LogP contribution in [0.5, 0.6) is 0 Å². The number of benzene rings is 5. The first kappa shape index (κ1) is 26.3. The van der Waals surface area contributed by atoms with Crippen molar-refractivity contribution in [3.63, 3.8) is 0 Å². The van der Waals surface area contributed by atoms with E-state index in [0.717, 1.165) is 22.2 Å². The predicted octanol–water partition coefficient (Wildman–Crippen LogP) is 9.30. The van der Waals surface area contributed by atoms with Gasteiger partial charge >= 0.3 is 0 Å². The molecule has 0 aliphatic heterocycles. The molecule has 5 aromatic carbocycles. The van der Waals surface area contributed by atoms with Gasteiger partial charge in [-0.1, -0.05) is 68.6 Å². The summed E-state index contributed by atoms with van der Waals surface area (Å²) in [6, 6.07) is 36.5. The Morgan fingerprint density at radius 3 is 2.30 bits per heavy atom. The molecule has 1 radical (unpaired) electrons. The molecule has 3 heteroatoms. The van der Waals surface area contributed by atoms with E-state index in [1.807, 2.05) is 43.6 Å². The molecule has 7 aromatic rings. The Morgan fingerprint density at radius 2 is 1.52 bits per heavy atom. The maximum Gasteiger partial charge on any atom is 0.0190 e. The van der Waals surface area contributed by atoms with E-state index in [9.17, 15) is 0 Å². The van der Waals surface area contributed by atoms with Crippen molar-refractivity contribution in [3.05, 3.63) is 132 Å². The van der Waals surface area contributed by atoms with Crippen molar-refractivity contribution in [1.29, 1.82) is 0 Å². The Labute approximate surface area is 248 Å². The number of hydrogen-bond acceptors (Lipinski definition) is 2. The third-order valence-corrected chi connectivity index (χ3v) is 8.08. The Balaban J connectivity index is 0.000000166. The van der Waals surface area contributed by atoms with Crippen LogP contribution >= 0.6 is 0 Å². The van der Waals surface area contributed by atoms with Gasteiger partial charge in [0.2, 0.25) is 0 Å². The third kappa shape index (κ3) is 4.04. The minimum absolute atomic E-state index is 0. The van der Waals surface area contributed by atoms with Crippen molar-refractivity contribution in [1.82, 2.24) is 9.97 Å². The first-order chi connectivity index (χ1) is 18.9. The Morgan fingerprint density at radius 1 is 0.725 bits per heavy atom. The van der Waals surface area contributed by atoms with Crippen LogP contribution in [0.25, 0.3) is 54.5 Å². The van der Waals surface area contributed by atoms with Gasteiger partial charge in [-0.2, -0.15) is 0 Å². The van der Waals surface area contributed by atoms with Crippen LogP contribution < -0.4 is 0 Å². The van der Waals surface area contributed by atoms with E-state index in [1.165, 1.54) is 54.6 Å². The molecule has 0 fully saturated rings. The van der Waals surface area contributed by atoms with Gasteiger partial charge in [0.25, 0.3) is 0 Å². The maximum absolute atomic E-state index is 4.72. The van der Waals surface area contributed by atoms with Gasteiger partial charge in [-0.3, -0.25) is 0 Å².